The molecular formula is C24H51ClN2. The van der Waals surface area contributed by atoms with E-state index >= 15 is 0 Å². The first-order valence-corrected chi connectivity index (χ1v) is 11.9. The lowest BCUT2D eigenvalue weighted by atomic mass is 10.1. The smallest absolute Gasteiger partial charge is 0.0133 e. The number of hydrogen-bond donors (Lipinski definition) is 0. The van der Waals surface area contributed by atoms with Gasteiger partial charge in [0, 0.05) is 26.2 Å². The maximum absolute atomic E-state index is 2.52. The Bertz CT molecular complexity index is 290. The molecular weight excluding hydrogens is 352 g/mol. The van der Waals surface area contributed by atoms with E-state index in [-0.39, 0.29) is 12.4 Å². The van der Waals surface area contributed by atoms with Crippen molar-refractivity contribution in [2.75, 3.05) is 26.2 Å². The molecule has 164 valence electrons. The van der Waals surface area contributed by atoms with Gasteiger partial charge in [0.05, 0.1) is 0 Å². The van der Waals surface area contributed by atoms with E-state index in [2.05, 4.69) is 49.9 Å². The van der Waals surface area contributed by atoms with Crippen molar-refractivity contribution in [1.82, 2.24) is 10.0 Å². The van der Waals surface area contributed by atoms with E-state index in [1.165, 1.54) is 96.4 Å². The minimum Gasteiger partial charge on any atom is -0.242 e. The summed E-state index contributed by atoms with van der Waals surface area (Å²) in [4.78, 5) is 0. The van der Waals surface area contributed by atoms with Gasteiger partial charge in [0.1, 0.15) is 0 Å². The van der Waals surface area contributed by atoms with Crippen molar-refractivity contribution in [3.05, 3.63) is 12.2 Å². The lowest BCUT2D eigenvalue weighted by Crippen LogP contribution is -2.42. The summed E-state index contributed by atoms with van der Waals surface area (Å²) in [6, 6.07) is 0. The van der Waals surface area contributed by atoms with Crippen LogP contribution < -0.4 is 0 Å². The van der Waals surface area contributed by atoms with Crippen molar-refractivity contribution >= 4 is 12.4 Å². The molecule has 0 spiro atoms. The van der Waals surface area contributed by atoms with Crippen LogP contribution in [-0.2, 0) is 0 Å². The average molecular weight is 403 g/mol. The Morgan fingerprint density at radius 2 is 0.889 bits per heavy atom. The van der Waals surface area contributed by atoms with Crippen molar-refractivity contribution in [3.63, 3.8) is 0 Å². The van der Waals surface area contributed by atoms with Crippen molar-refractivity contribution in [2.45, 2.75) is 118 Å². The first-order valence-electron chi connectivity index (χ1n) is 11.9. The highest BCUT2D eigenvalue weighted by Crippen LogP contribution is 2.10. The molecule has 0 N–H and O–H groups in total. The zero-order chi connectivity index (χ0) is 19.3. The normalized spacial score (nSPS) is 11.6. The van der Waals surface area contributed by atoms with Gasteiger partial charge in [-0.25, -0.2) is 10.0 Å². The summed E-state index contributed by atoms with van der Waals surface area (Å²) in [7, 11) is 0. The predicted octanol–water partition coefficient (Wildman–Crippen LogP) is 8.02. The van der Waals surface area contributed by atoms with Gasteiger partial charge in [-0.1, -0.05) is 97.6 Å². The third-order valence-corrected chi connectivity index (χ3v) is 5.42. The van der Waals surface area contributed by atoms with Crippen LogP contribution in [-0.4, -0.2) is 36.2 Å². The van der Waals surface area contributed by atoms with Gasteiger partial charge in [-0.3, -0.25) is 0 Å². The fraction of sp³-hybridized carbons (Fsp3) is 0.917. The summed E-state index contributed by atoms with van der Waals surface area (Å²) in [6.07, 6.45) is 24.3. The van der Waals surface area contributed by atoms with Gasteiger partial charge in [0.25, 0.3) is 0 Å². The highest BCUT2D eigenvalue weighted by atomic mass is 35.5. The molecule has 0 saturated carbocycles. The van der Waals surface area contributed by atoms with Gasteiger partial charge in [-0.05, 0) is 32.1 Å². The second kappa shape index (κ2) is 24.0. The lowest BCUT2D eigenvalue weighted by molar-refractivity contribution is -0.0129. The molecule has 27 heavy (non-hydrogen) atoms. The third-order valence-electron chi connectivity index (χ3n) is 5.42. The summed E-state index contributed by atoms with van der Waals surface area (Å²) < 4.78 is 0. The Balaban J connectivity index is 0. The minimum atomic E-state index is 0. The van der Waals surface area contributed by atoms with Gasteiger partial charge < -0.3 is 0 Å². The maximum atomic E-state index is 2.52. The molecule has 3 heteroatoms. The Labute approximate surface area is 178 Å². The molecule has 0 fully saturated rings. The van der Waals surface area contributed by atoms with Gasteiger partial charge in [-0.15, -0.1) is 12.4 Å². The van der Waals surface area contributed by atoms with Crippen LogP contribution in [0.15, 0.2) is 12.2 Å². The average Bonchev–Trinajstić information content (AvgIpc) is 2.66. The quantitative estimate of drug-likeness (QED) is 0.115. The standard InChI is InChI=1S/C24H50N2.ClH/c1-5-9-10-11-12-13-14-15-16-17-18-19-20-21-22-23-24-26(8-4)25(6-2)7-3;/h15-16H,5-14,17-24H2,1-4H3;1H. The number of unbranched alkanes of at least 4 members (excludes halogenated alkanes) is 12. The molecule has 0 aliphatic rings. The molecule has 0 aliphatic carbocycles. The fourth-order valence-electron chi connectivity index (χ4n) is 3.66. The van der Waals surface area contributed by atoms with Crippen LogP contribution in [0, 0.1) is 0 Å². The number of rotatable bonds is 20. The number of halogens is 1. The number of nitrogens with zero attached hydrogens (tertiary/aromatic N) is 2. The summed E-state index contributed by atoms with van der Waals surface area (Å²) in [5, 5.41) is 4.99. The summed E-state index contributed by atoms with van der Waals surface area (Å²) in [5.74, 6) is 0. The third kappa shape index (κ3) is 19.1. The first kappa shape index (κ1) is 29.2. The summed E-state index contributed by atoms with van der Waals surface area (Å²) in [5.41, 5.74) is 0. The van der Waals surface area contributed by atoms with Gasteiger partial charge in [0.2, 0.25) is 0 Å². The highest BCUT2D eigenvalue weighted by Gasteiger charge is 2.08. The Morgan fingerprint density at radius 3 is 1.33 bits per heavy atom. The number of allylic oxidation sites excluding steroid dienone is 2. The van der Waals surface area contributed by atoms with Crippen molar-refractivity contribution in [1.29, 1.82) is 0 Å². The van der Waals surface area contributed by atoms with Crippen molar-refractivity contribution in [3.8, 4) is 0 Å². The van der Waals surface area contributed by atoms with Crippen LogP contribution in [0.25, 0.3) is 0 Å². The Hall–Kier alpha value is -0.0500. The first-order chi connectivity index (χ1) is 12.8. The van der Waals surface area contributed by atoms with Gasteiger partial charge in [-0.2, -0.15) is 0 Å². The molecule has 0 unspecified atom stereocenters. The zero-order valence-corrected chi connectivity index (χ0v) is 20.0. The molecule has 0 radical (unpaired) electrons. The van der Waals surface area contributed by atoms with E-state index in [0.29, 0.717) is 0 Å². The second-order valence-electron chi connectivity index (χ2n) is 7.62. The lowest BCUT2D eigenvalue weighted by Gasteiger charge is -2.32. The molecule has 0 rings (SSSR count). The SMILES string of the molecule is CCCCCCCCC=CCCCCCCCCN(CC)N(CC)CC.Cl. The number of hydrogen-bond acceptors (Lipinski definition) is 2. The monoisotopic (exact) mass is 402 g/mol. The second-order valence-corrected chi connectivity index (χ2v) is 7.62. The zero-order valence-electron chi connectivity index (χ0n) is 19.2. The molecule has 0 aromatic carbocycles. The predicted molar refractivity (Wildman–Crippen MR) is 127 cm³/mol. The molecule has 0 saturated heterocycles. The van der Waals surface area contributed by atoms with Crippen LogP contribution in [0.4, 0.5) is 0 Å². The van der Waals surface area contributed by atoms with Crippen LogP contribution in [0.5, 0.6) is 0 Å². The molecule has 0 aliphatic heterocycles. The fourth-order valence-corrected chi connectivity index (χ4v) is 3.66. The summed E-state index contributed by atoms with van der Waals surface area (Å²) in [6.45, 7) is 13.7. The van der Waals surface area contributed by atoms with E-state index in [1.54, 1.807) is 0 Å². The van der Waals surface area contributed by atoms with Crippen LogP contribution in [0.2, 0.25) is 0 Å². The topological polar surface area (TPSA) is 6.48 Å². The molecule has 0 atom stereocenters. The largest absolute Gasteiger partial charge is 0.242 e. The molecule has 0 bridgehead atoms. The van der Waals surface area contributed by atoms with Gasteiger partial charge >= 0.3 is 0 Å². The van der Waals surface area contributed by atoms with Crippen LogP contribution in [0.1, 0.15) is 118 Å². The Morgan fingerprint density at radius 1 is 0.481 bits per heavy atom. The minimum absolute atomic E-state index is 0. The van der Waals surface area contributed by atoms with E-state index in [1.807, 2.05) is 0 Å². The van der Waals surface area contributed by atoms with E-state index in [4.69, 9.17) is 0 Å². The van der Waals surface area contributed by atoms with Crippen LogP contribution in [0.3, 0.4) is 0 Å². The van der Waals surface area contributed by atoms with Crippen LogP contribution >= 0.6 is 12.4 Å². The molecule has 0 aromatic heterocycles. The van der Waals surface area contributed by atoms with Crippen molar-refractivity contribution < 1.29 is 0 Å². The molecule has 0 amide bonds. The maximum Gasteiger partial charge on any atom is 0.0133 e. The molecule has 0 heterocycles. The van der Waals surface area contributed by atoms with Gasteiger partial charge in [0.15, 0.2) is 0 Å². The Kier molecular flexibility index (Phi) is 25.9. The summed E-state index contributed by atoms with van der Waals surface area (Å²) >= 11 is 0. The van der Waals surface area contributed by atoms with E-state index in [9.17, 15) is 0 Å². The van der Waals surface area contributed by atoms with Crippen molar-refractivity contribution in [2.24, 2.45) is 0 Å². The molecule has 2 nitrogen and oxygen atoms in total. The van der Waals surface area contributed by atoms with E-state index in [0.717, 1.165) is 19.6 Å². The molecule has 0 aromatic rings. The number of hydrazine groups is 1. The highest BCUT2D eigenvalue weighted by molar-refractivity contribution is 5.85. The van der Waals surface area contributed by atoms with E-state index < -0.39 is 0 Å².